The second-order valence-corrected chi connectivity index (χ2v) is 3.75. The Morgan fingerprint density at radius 1 is 1.21 bits per heavy atom. The monoisotopic (exact) mass is 192 g/mol. The van der Waals surface area contributed by atoms with Crippen LogP contribution in [-0.4, -0.2) is 6.10 Å². The maximum Gasteiger partial charge on any atom is 0.0720 e. The van der Waals surface area contributed by atoms with Gasteiger partial charge in [-0.25, -0.2) is 0 Å². The number of benzene rings is 1. The Kier molecular flexibility index (Phi) is 5.31. The van der Waals surface area contributed by atoms with Gasteiger partial charge in [0.05, 0.1) is 12.7 Å². The van der Waals surface area contributed by atoms with Gasteiger partial charge in [-0.2, -0.15) is 0 Å². The van der Waals surface area contributed by atoms with Gasteiger partial charge in [-0.1, -0.05) is 50.1 Å². The van der Waals surface area contributed by atoms with Gasteiger partial charge in [-0.3, -0.25) is 0 Å². The lowest BCUT2D eigenvalue weighted by atomic mass is 10.2. The molecule has 14 heavy (non-hydrogen) atoms. The summed E-state index contributed by atoms with van der Waals surface area (Å²) < 4.78 is 5.73. The van der Waals surface area contributed by atoms with Gasteiger partial charge in [0.1, 0.15) is 0 Å². The zero-order valence-corrected chi connectivity index (χ0v) is 9.20. The summed E-state index contributed by atoms with van der Waals surface area (Å²) >= 11 is 0. The second-order valence-electron chi connectivity index (χ2n) is 3.75. The molecule has 0 fully saturated rings. The van der Waals surface area contributed by atoms with E-state index in [-0.39, 0.29) is 0 Å². The van der Waals surface area contributed by atoms with Gasteiger partial charge in [0.25, 0.3) is 0 Å². The molecule has 0 aliphatic carbocycles. The summed E-state index contributed by atoms with van der Waals surface area (Å²) in [5.74, 6) is 0. The average Bonchev–Trinajstić information content (AvgIpc) is 2.25. The van der Waals surface area contributed by atoms with E-state index in [2.05, 4.69) is 38.1 Å². The SMILES string of the molecule is CCCCC(C)OCc1ccccc1. The summed E-state index contributed by atoms with van der Waals surface area (Å²) in [5, 5.41) is 0. The van der Waals surface area contributed by atoms with Gasteiger partial charge >= 0.3 is 0 Å². The third-order valence-corrected chi connectivity index (χ3v) is 2.34. The first-order chi connectivity index (χ1) is 6.83. The predicted molar refractivity (Wildman–Crippen MR) is 60.2 cm³/mol. The Bertz CT molecular complexity index is 230. The molecule has 0 spiro atoms. The quantitative estimate of drug-likeness (QED) is 0.666. The summed E-state index contributed by atoms with van der Waals surface area (Å²) in [6.45, 7) is 5.11. The lowest BCUT2D eigenvalue weighted by molar-refractivity contribution is 0.0462. The summed E-state index contributed by atoms with van der Waals surface area (Å²) in [4.78, 5) is 0. The molecule has 0 heterocycles. The Labute approximate surface area is 87.1 Å². The number of rotatable bonds is 6. The van der Waals surface area contributed by atoms with Gasteiger partial charge in [-0.05, 0) is 18.9 Å². The van der Waals surface area contributed by atoms with E-state index in [1.54, 1.807) is 0 Å². The van der Waals surface area contributed by atoms with E-state index in [0.29, 0.717) is 6.10 Å². The maximum absolute atomic E-state index is 5.73. The van der Waals surface area contributed by atoms with Crippen molar-refractivity contribution in [1.82, 2.24) is 0 Å². The molecule has 0 N–H and O–H groups in total. The van der Waals surface area contributed by atoms with Crippen LogP contribution in [0.3, 0.4) is 0 Å². The van der Waals surface area contributed by atoms with E-state index in [0.717, 1.165) is 6.61 Å². The van der Waals surface area contributed by atoms with Crippen LogP contribution in [0.15, 0.2) is 30.3 Å². The molecule has 1 nitrogen and oxygen atoms in total. The van der Waals surface area contributed by atoms with Crippen LogP contribution in [0.25, 0.3) is 0 Å². The molecule has 0 saturated heterocycles. The van der Waals surface area contributed by atoms with Crippen LogP contribution >= 0.6 is 0 Å². The van der Waals surface area contributed by atoms with Crippen molar-refractivity contribution in [3.05, 3.63) is 35.9 Å². The molecule has 1 aromatic carbocycles. The molecule has 0 amide bonds. The van der Waals surface area contributed by atoms with E-state index in [9.17, 15) is 0 Å². The van der Waals surface area contributed by atoms with Crippen LogP contribution in [-0.2, 0) is 11.3 Å². The summed E-state index contributed by atoms with van der Waals surface area (Å²) in [6, 6.07) is 10.3. The van der Waals surface area contributed by atoms with Crippen molar-refractivity contribution < 1.29 is 4.74 Å². The van der Waals surface area contributed by atoms with Crippen LogP contribution < -0.4 is 0 Å². The van der Waals surface area contributed by atoms with Crippen LogP contribution in [0.5, 0.6) is 0 Å². The number of hydrogen-bond acceptors (Lipinski definition) is 1. The van der Waals surface area contributed by atoms with Crippen LogP contribution in [0.2, 0.25) is 0 Å². The van der Waals surface area contributed by atoms with Gasteiger partial charge in [0, 0.05) is 0 Å². The highest BCUT2D eigenvalue weighted by Crippen LogP contribution is 2.08. The minimum atomic E-state index is 0.384. The Morgan fingerprint density at radius 3 is 2.57 bits per heavy atom. The third-order valence-electron chi connectivity index (χ3n) is 2.34. The molecule has 0 saturated carbocycles. The summed E-state index contributed by atoms with van der Waals surface area (Å²) in [7, 11) is 0. The Hall–Kier alpha value is -0.820. The van der Waals surface area contributed by atoms with Crippen molar-refractivity contribution in [1.29, 1.82) is 0 Å². The summed E-state index contributed by atoms with van der Waals surface area (Å²) in [5.41, 5.74) is 1.26. The number of unbranched alkanes of at least 4 members (excludes halogenated alkanes) is 1. The highest BCUT2D eigenvalue weighted by atomic mass is 16.5. The lowest BCUT2D eigenvalue weighted by Crippen LogP contribution is -2.07. The summed E-state index contributed by atoms with van der Waals surface area (Å²) in [6.07, 6.45) is 4.06. The number of ether oxygens (including phenoxy) is 1. The van der Waals surface area contributed by atoms with Crippen molar-refractivity contribution in [3.63, 3.8) is 0 Å². The van der Waals surface area contributed by atoms with Crippen LogP contribution in [0.4, 0.5) is 0 Å². The van der Waals surface area contributed by atoms with Crippen molar-refractivity contribution in [2.45, 2.75) is 45.8 Å². The molecule has 1 atom stereocenters. The van der Waals surface area contributed by atoms with Gasteiger partial charge in [0.15, 0.2) is 0 Å². The van der Waals surface area contributed by atoms with Crippen LogP contribution in [0.1, 0.15) is 38.7 Å². The maximum atomic E-state index is 5.73. The standard InChI is InChI=1S/C13H20O/c1-3-4-8-12(2)14-11-13-9-6-5-7-10-13/h5-7,9-10,12H,3-4,8,11H2,1-2H3. The highest BCUT2D eigenvalue weighted by molar-refractivity contribution is 5.13. The first-order valence-corrected chi connectivity index (χ1v) is 5.48. The first-order valence-electron chi connectivity index (χ1n) is 5.48. The Balaban J connectivity index is 2.20. The molecule has 0 radical (unpaired) electrons. The molecule has 0 aromatic heterocycles. The van der Waals surface area contributed by atoms with E-state index in [1.807, 2.05) is 6.07 Å². The highest BCUT2D eigenvalue weighted by Gasteiger charge is 2.01. The Morgan fingerprint density at radius 2 is 1.93 bits per heavy atom. The molecule has 0 aliphatic heterocycles. The van der Waals surface area contributed by atoms with Crippen molar-refractivity contribution in [2.24, 2.45) is 0 Å². The zero-order valence-electron chi connectivity index (χ0n) is 9.20. The van der Waals surface area contributed by atoms with Crippen molar-refractivity contribution in [3.8, 4) is 0 Å². The zero-order chi connectivity index (χ0) is 10.2. The second kappa shape index (κ2) is 6.61. The molecule has 1 unspecified atom stereocenters. The van der Waals surface area contributed by atoms with Crippen molar-refractivity contribution >= 4 is 0 Å². The molecule has 1 rings (SSSR count). The minimum absolute atomic E-state index is 0.384. The van der Waals surface area contributed by atoms with Gasteiger partial charge in [0.2, 0.25) is 0 Å². The topological polar surface area (TPSA) is 9.23 Å². The molecule has 0 aliphatic rings. The minimum Gasteiger partial charge on any atom is -0.374 e. The van der Waals surface area contributed by atoms with E-state index in [1.165, 1.54) is 24.8 Å². The average molecular weight is 192 g/mol. The first kappa shape index (κ1) is 11.3. The van der Waals surface area contributed by atoms with Crippen molar-refractivity contribution in [2.75, 3.05) is 0 Å². The van der Waals surface area contributed by atoms with E-state index < -0.39 is 0 Å². The fourth-order valence-electron chi connectivity index (χ4n) is 1.39. The van der Waals surface area contributed by atoms with E-state index in [4.69, 9.17) is 4.74 Å². The van der Waals surface area contributed by atoms with Gasteiger partial charge in [-0.15, -0.1) is 0 Å². The van der Waals surface area contributed by atoms with Gasteiger partial charge < -0.3 is 4.74 Å². The predicted octanol–water partition coefficient (Wildman–Crippen LogP) is 3.78. The third kappa shape index (κ3) is 4.43. The van der Waals surface area contributed by atoms with Crippen LogP contribution in [0, 0.1) is 0 Å². The molecular weight excluding hydrogens is 172 g/mol. The number of hydrogen-bond donors (Lipinski definition) is 0. The molecule has 0 bridgehead atoms. The molecular formula is C13H20O. The van der Waals surface area contributed by atoms with E-state index >= 15 is 0 Å². The smallest absolute Gasteiger partial charge is 0.0720 e. The molecule has 1 aromatic rings. The molecule has 78 valence electrons. The largest absolute Gasteiger partial charge is 0.374 e. The molecule has 1 heteroatoms. The fourth-order valence-corrected chi connectivity index (χ4v) is 1.39. The fraction of sp³-hybridized carbons (Fsp3) is 0.538. The normalized spacial score (nSPS) is 12.7. The lowest BCUT2D eigenvalue weighted by Gasteiger charge is -2.12.